The molecule has 0 unspecified atom stereocenters. The molecule has 0 aliphatic rings. The Kier molecular flexibility index (Phi) is 4.25. The minimum Gasteiger partial charge on any atom is -0.335 e. The summed E-state index contributed by atoms with van der Waals surface area (Å²) in [6, 6.07) is 4.75. The van der Waals surface area contributed by atoms with Gasteiger partial charge in [-0.3, -0.25) is 9.36 Å². The highest BCUT2D eigenvalue weighted by Crippen LogP contribution is 2.27. The lowest BCUT2D eigenvalue weighted by Crippen LogP contribution is -2.46. The van der Waals surface area contributed by atoms with Crippen LogP contribution in [-0.4, -0.2) is 9.24 Å². The Labute approximate surface area is 131 Å². The standard InChI is InChI=1S/C12H8Cl2F3N3O2/c13-7-3-1-2-6(10(7)14)5-19-9(21)4-8(12(15,16)17)20(18)11(19)22/h1-4H,5,18H2. The molecule has 0 saturated heterocycles. The Balaban J connectivity index is 2.59. The number of nitrogens with zero attached hydrogens (tertiary/aromatic N) is 2. The number of halogens is 5. The first-order valence-corrected chi connectivity index (χ1v) is 6.50. The fraction of sp³-hybridized carbons (Fsp3) is 0.167. The van der Waals surface area contributed by atoms with Gasteiger partial charge in [-0.05, 0) is 11.6 Å². The van der Waals surface area contributed by atoms with Gasteiger partial charge >= 0.3 is 11.9 Å². The molecule has 1 heterocycles. The third kappa shape index (κ3) is 2.97. The van der Waals surface area contributed by atoms with E-state index < -0.39 is 23.1 Å². The minimum atomic E-state index is -4.92. The third-order valence-electron chi connectivity index (χ3n) is 2.87. The van der Waals surface area contributed by atoms with Crippen LogP contribution in [0.3, 0.4) is 0 Å². The zero-order valence-corrected chi connectivity index (χ0v) is 12.2. The molecule has 0 aliphatic heterocycles. The maximum atomic E-state index is 12.7. The SMILES string of the molecule is Nn1c(C(F)(F)F)cc(=O)n(Cc2cccc(Cl)c2Cl)c1=O. The van der Waals surface area contributed by atoms with Gasteiger partial charge in [0, 0.05) is 6.07 Å². The Hall–Kier alpha value is -1.93. The van der Waals surface area contributed by atoms with E-state index in [-0.39, 0.29) is 27.3 Å². The summed E-state index contributed by atoms with van der Waals surface area (Å²) < 4.78 is 38.4. The van der Waals surface area contributed by atoms with Crippen molar-refractivity contribution in [3.63, 3.8) is 0 Å². The quantitative estimate of drug-likeness (QED) is 0.840. The number of nitrogen functional groups attached to an aromatic ring is 1. The van der Waals surface area contributed by atoms with Crippen molar-refractivity contribution in [1.82, 2.24) is 9.24 Å². The summed E-state index contributed by atoms with van der Waals surface area (Å²) in [5.74, 6) is 5.13. The second-order valence-electron chi connectivity index (χ2n) is 4.32. The fourth-order valence-electron chi connectivity index (χ4n) is 1.80. The molecule has 0 atom stereocenters. The summed E-state index contributed by atoms with van der Waals surface area (Å²) in [6.45, 7) is -0.355. The smallest absolute Gasteiger partial charge is 0.335 e. The first-order valence-electron chi connectivity index (χ1n) is 5.75. The molecule has 0 fully saturated rings. The Morgan fingerprint density at radius 2 is 1.82 bits per heavy atom. The van der Waals surface area contributed by atoms with Crippen LogP contribution in [0.25, 0.3) is 0 Å². The third-order valence-corrected chi connectivity index (χ3v) is 3.73. The van der Waals surface area contributed by atoms with Crippen molar-refractivity contribution in [2.45, 2.75) is 12.7 Å². The Morgan fingerprint density at radius 3 is 2.41 bits per heavy atom. The number of nitrogens with two attached hydrogens (primary N) is 1. The van der Waals surface area contributed by atoms with Crippen molar-refractivity contribution < 1.29 is 13.2 Å². The van der Waals surface area contributed by atoms with E-state index in [1.54, 1.807) is 0 Å². The molecule has 0 radical (unpaired) electrons. The van der Waals surface area contributed by atoms with Crippen LogP contribution in [-0.2, 0) is 12.7 Å². The molecule has 0 aliphatic carbocycles. The van der Waals surface area contributed by atoms with E-state index in [9.17, 15) is 22.8 Å². The van der Waals surface area contributed by atoms with Gasteiger partial charge in [-0.1, -0.05) is 35.3 Å². The molecule has 2 rings (SSSR count). The molecule has 1 aromatic heterocycles. The Bertz CT molecular complexity index is 843. The van der Waals surface area contributed by atoms with Crippen LogP contribution in [0.4, 0.5) is 13.2 Å². The Morgan fingerprint density at radius 1 is 1.18 bits per heavy atom. The summed E-state index contributed by atoms with van der Waals surface area (Å²) in [6.07, 6.45) is -4.92. The van der Waals surface area contributed by atoms with Crippen LogP contribution >= 0.6 is 23.2 Å². The molecule has 0 saturated carbocycles. The van der Waals surface area contributed by atoms with Crippen molar-refractivity contribution in [3.8, 4) is 0 Å². The molecule has 1 aromatic carbocycles. The van der Waals surface area contributed by atoms with Gasteiger partial charge in [0.25, 0.3) is 5.56 Å². The molecule has 2 aromatic rings. The molecule has 118 valence electrons. The number of rotatable bonds is 2. The van der Waals surface area contributed by atoms with Crippen molar-refractivity contribution in [2.24, 2.45) is 0 Å². The second-order valence-corrected chi connectivity index (χ2v) is 5.10. The summed E-state index contributed by atoms with van der Waals surface area (Å²) in [7, 11) is 0. The van der Waals surface area contributed by atoms with E-state index >= 15 is 0 Å². The summed E-state index contributed by atoms with van der Waals surface area (Å²) in [5.41, 5.74) is -3.69. The number of benzene rings is 1. The molecular formula is C12H8Cl2F3N3O2. The van der Waals surface area contributed by atoms with Crippen molar-refractivity contribution >= 4 is 23.2 Å². The van der Waals surface area contributed by atoms with Crippen LogP contribution in [0.2, 0.25) is 10.0 Å². The molecule has 22 heavy (non-hydrogen) atoms. The molecule has 5 nitrogen and oxygen atoms in total. The minimum absolute atomic E-state index is 0.0962. The monoisotopic (exact) mass is 353 g/mol. The molecule has 10 heteroatoms. The van der Waals surface area contributed by atoms with Crippen molar-refractivity contribution in [2.75, 3.05) is 5.84 Å². The molecule has 0 amide bonds. The lowest BCUT2D eigenvalue weighted by Gasteiger charge is -2.14. The highest BCUT2D eigenvalue weighted by Gasteiger charge is 2.35. The van der Waals surface area contributed by atoms with Gasteiger partial charge in [0.05, 0.1) is 16.6 Å². The van der Waals surface area contributed by atoms with Crippen LogP contribution in [0.15, 0.2) is 33.9 Å². The van der Waals surface area contributed by atoms with Crippen LogP contribution < -0.4 is 17.1 Å². The number of hydrogen-bond donors (Lipinski definition) is 1. The normalized spacial score (nSPS) is 11.7. The topological polar surface area (TPSA) is 70.0 Å². The summed E-state index contributed by atoms with van der Waals surface area (Å²) in [4.78, 5) is 23.7. The molecule has 0 bridgehead atoms. The van der Waals surface area contributed by atoms with Crippen LogP contribution in [0.5, 0.6) is 0 Å². The first kappa shape index (κ1) is 16.4. The van der Waals surface area contributed by atoms with Crippen molar-refractivity contribution in [3.05, 3.63) is 66.4 Å². The van der Waals surface area contributed by atoms with E-state index in [1.165, 1.54) is 18.2 Å². The second kappa shape index (κ2) is 5.69. The fourth-order valence-corrected chi connectivity index (χ4v) is 2.18. The van der Waals surface area contributed by atoms with E-state index in [0.717, 1.165) is 0 Å². The summed E-state index contributed by atoms with van der Waals surface area (Å²) >= 11 is 11.7. The first-order chi connectivity index (χ1) is 10.1. The van der Waals surface area contributed by atoms with Gasteiger partial charge in [-0.15, -0.1) is 0 Å². The number of alkyl halides is 3. The van der Waals surface area contributed by atoms with Crippen LogP contribution in [0.1, 0.15) is 11.3 Å². The number of aromatic nitrogens is 2. The molecular weight excluding hydrogens is 346 g/mol. The van der Waals surface area contributed by atoms with E-state index in [1.807, 2.05) is 0 Å². The maximum absolute atomic E-state index is 12.7. The highest BCUT2D eigenvalue weighted by atomic mass is 35.5. The average Bonchev–Trinajstić information content (AvgIpc) is 2.42. The molecule has 2 N–H and O–H groups in total. The van der Waals surface area contributed by atoms with E-state index in [4.69, 9.17) is 29.0 Å². The lowest BCUT2D eigenvalue weighted by molar-refractivity contribution is -0.143. The molecule has 0 spiro atoms. The number of hydrogen-bond acceptors (Lipinski definition) is 3. The van der Waals surface area contributed by atoms with Gasteiger partial charge in [0.2, 0.25) is 0 Å². The van der Waals surface area contributed by atoms with Gasteiger partial charge in [0.15, 0.2) is 5.69 Å². The predicted molar refractivity (Wildman–Crippen MR) is 75.7 cm³/mol. The largest absolute Gasteiger partial charge is 0.433 e. The van der Waals surface area contributed by atoms with Gasteiger partial charge in [-0.25, -0.2) is 9.47 Å². The zero-order valence-electron chi connectivity index (χ0n) is 10.7. The van der Waals surface area contributed by atoms with Gasteiger partial charge in [-0.2, -0.15) is 13.2 Å². The van der Waals surface area contributed by atoms with Crippen molar-refractivity contribution in [1.29, 1.82) is 0 Å². The summed E-state index contributed by atoms with van der Waals surface area (Å²) in [5, 5.41) is 0.283. The van der Waals surface area contributed by atoms with Crippen LogP contribution in [0, 0.1) is 0 Å². The van der Waals surface area contributed by atoms with E-state index in [2.05, 4.69) is 0 Å². The van der Waals surface area contributed by atoms with Gasteiger partial charge in [0.1, 0.15) is 0 Å². The predicted octanol–water partition coefficient (Wildman–Crippen LogP) is 2.10. The maximum Gasteiger partial charge on any atom is 0.433 e. The average molecular weight is 354 g/mol. The zero-order chi connectivity index (χ0) is 16.7. The van der Waals surface area contributed by atoms with Gasteiger partial charge < -0.3 is 5.84 Å². The lowest BCUT2D eigenvalue weighted by atomic mass is 10.2. The highest BCUT2D eigenvalue weighted by molar-refractivity contribution is 6.42. The van der Waals surface area contributed by atoms with E-state index in [0.29, 0.717) is 10.1 Å².